The number of rotatable bonds is 4. The summed E-state index contributed by atoms with van der Waals surface area (Å²) in [5.74, 6) is 0.563. The Morgan fingerprint density at radius 1 is 1.08 bits per heavy atom. The van der Waals surface area contributed by atoms with Crippen molar-refractivity contribution >= 4 is 40.4 Å². The molecule has 3 N–H and O–H groups in total. The fourth-order valence-corrected chi connectivity index (χ4v) is 2.64. The number of anilines is 3. The van der Waals surface area contributed by atoms with E-state index in [4.69, 9.17) is 33.7 Å². The first kappa shape index (κ1) is 18.2. The smallest absolute Gasteiger partial charge is 0.248 e. The van der Waals surface area contributed by atoms with Crippen LogP contribution in [0, 0.1) is 19.7 Å². The molecule has 0 saturated carbocycles. The first-order valence-corrected chi connectivity index (χ1v) is 8.38. The fourth-order valence-electron chi connectivity index (χ4n) is 2.35. The van der Waals surface area contributed by atoms with E-state index in [-0.39, 0.29) is 16.6 Å². The van der Waals surface area contributed by atoms with Crippen molar-refractivity contribution in [2.24, 2.45) is 0 Å². The molecule has 26 heavy (non-hydrogen) atoms. The van der Waals surface area contributed by atoms with Crippen LogP contribution in [0.1, 0.15) is 11.1 Å². The summed E-state index contributed by atoms with van der Waals surface area (Å²) in [6, 6.07) is 7.80. The maximum atomic E-state index is 13.3. The molecule has 5 nitrogen and oxygen atoms in total. The Bertz CT molecular complexity index is 958. The Morgan fingerprint density at radius 2 is 1.77 bits per heavy atom. The van der Waals surface area contributed by atoms with Crippen molar-refractivity contribution in [2.75, 3.05) is 11.1 Å². The number of nitrogens with two attached hydrogens (primary N) is 1. The Morgan fingerprint density at radius 3 is 2.42 bits per heavy atom. The lowest BCUT2D eigenvalue weighted by Gasteiger charge is -2.13. The standard InChI is InChI=1S/C18H15Cl2FN4O/c1-9-5-12(6-10(2)15(9)20)26-18-16(22)17(23-8-24-18)25-11-3-4-14(21)13(19)7-11/h3-8H,22H2,1-2H3,(H,23,24,25). The number of nitrogens with one attached hydrogen (secondary N) is 1. The molecule has 1 aromatic heterocycles. The number of aryl methyl sites for hydroxylation is 2. The molecular formula is C18H15Cl2FN4O. The van der Waals surface area contributed by atoms with Crippen molar-refractivity contribution in [3.63, 3.8) is 0 Å². The summed E-state index contributed by atoms with van der Waals surface area (Å²) in [5, 5.41) is 3.65. The Balaban J connectivity index is 1.88. The molecule has 3 aromatic rings. The maximum Gasteiger partial charge on any atom is 0.248 e. The lowest BCUT2D eigenvalue weighted by atomic mass is 10.1. The number of nitrogen functional groups attached to an aromatic ring is 1. The number of halogens is 3. The Hall–Kier alpha value is -2.57. The van der Waals surface area contributed by atoms with Crippen molar-refractivity contribution in [3.8, 4) is 11.6 Å². The second-order valence-electron chi connectivity index (χ2n) is 5.67. The molecule has 0 amide bonds. The minimum atomic E-state index is -0.509. The second-order valence-corrected chi connectivity index (χ2v) is 6.45. The van der Waals surface area contributed by atoms with E-state index >= 15 is 0 Å². The molecule has 0 fully saturated rings. The van der Waals surface area contributed by atoms with E-state index in [1.54, 1.807) is 12.1 Å². The van der Waals surface area contributed by atoms with Crippen LogP contribution in [0.15, 0.2) is 36.7 Å². The van der Waals surface area contributed by atoms with Gasteiger partial charge in [-0.05, 0) is 55.3 Å². The van der Waals surface area contributed by atoms with Crippen LogP contribution in [0.2, 0.25) is 10.0 Å². The average Bonchev–Trinajstić information content (AvgIpc) is 2.59. The van der Waals surface area contributed by atoms with Crippen LogP contribution in [0.3, 0.4) is 0 Å². The number of benzene rings is 2. The predicted molar refractivity (Wildman–Crippen MR) is 102 cm³/mol. The van der Waals surface area contributed by atoms with Gasteiger partial charge in [0.05, 0.1) is 5.02 Å². The molecule has 0 radical (unpaired) electrons. The minimum Gasteiger partial charge on any atom is -0.437 e. The van der Waals surface area contributed by atoms with Gasteiger partial charge < -0.3 is 15.8 Å². The van der Waals surface area contributed by atoms with E-state index in [1.807, 2.05) is 13.8 Å². The van der Waals surface area contributed by atoms with E-state index in [2.05, 4.69) is 15.3 Å². The molecule has 134 valence electrons. The molecule has 0 aliphatic carbocycles. The minimum absolute atomic E-state index is 0.00813. The lowest BCUT2D eigenvalue weighted by molar-refractivity contribution is 0.464. The Labute approximate surface area is 159 Å². The van der Waals surface area contributed by atoms with Crippen LogP contribution < -0.4 is 15.8 Å². The highest BCUT2D eigenvalue weighted by atomic mass is 35.5. The number of ether oxygens (including phenoxy) is 1. The topological polar surface area (TPSA) is 73.1 Å². The molecule has 1 heterocycles. The van der Waals surface area contributed by atoms with Crippen LogP contribution in [-0.2, 0) is 0 Å². The zero-order chi connectivity index (χ0) is 18.8. The van der Waals surface area contributed by atoms with Crippen LogP contribution in [0.5, 0.6) is 11.6 Å². The molecule has 0 bridgehead atoms. The summed E-state index contributed by atoms with van der Waals surface area (Å²) in [4.78, 5) is 8.16. The van der Waals surface area contributed by atoms with Gasteiger partial charge in [-0.25, -0.2) is 9.37 Å². The van der Waals surface area contributed by atoms with Gasteiger partial charge in [0.15, 0.2) is 5.82 Å². The highest BCUT2D eigenvalue weighted by Crippen LogP contribution is 2.34. The highest BCUT2D eigenvalue weighted by molar-refractivity contribution is 6.32. The molecule has 0 aliphatic rings. The normalized spacial score (nSPS) is 10.7. The summed E-state index contributed by atoms with van der Waals surface area (Å²) >= 11 is 12.0. The third kappa shape index (κ3) is 3.81. The molecule has 8 heteroatoms. The maximum absolute atomic E-state index is 13.3. The summed E-state index contributed by atoms with van der Waals surface area (Å²) in [6.45, 7) is 3.77. The van der Waals surface area contributed by atoms with Crippen molar-refractivity contribution in [3.05, 3.63) is 63.6 Å². The number of nitrogens with zero attached hydrogens (tertiary/aromatic N) is 2. The quantitative estimate of drug-likeness (QED) is 0.599. The summed E-state index contributed by atoms with van der Waals surface area (Å²) in [6.07, 6.45) is 1.31. The monoisotopic (exact) mass is 392 g/mol. The third-order valence-electron chi connectivity index (χ3n) is 3.65. The number of hydrogen-bond donors (Lipinski definition) is 2. The van der Waals surface area contributed by atoms with Crippen molar-refractivity contribution in [2.45, 2.75) is 13.8 Å². The molecule has 3 rings (SSSR count). The first-order chi connectivity index (χ1) is 12.3. The SMILES string of the molecule is Cc1cc(Oc2ncnc(Nc3ccc(F)c(Cl)c3)c2N)cc(C)c1Cl. The molecule has 2 aromatic carbocycles. The largest absolute Gasteiger partial charge is 0.437 e. The third-order valence-corrected chi connectivity index (χ3v) is 4.54. The van der Waals surface area contributed by atoms with E-state index in [0.717, 1.165) is 11.1 Å². The van der Waals surface area contributed by atoms with E-state index in [0.29, 0.717) is 22.3 Å². The van der Waals surface area contributed by atoms with E-state index < -0.39 is 5.82 Å². The Kier molecular flexibility index (Phi) is 5.15. The van der Waals surface area contributed by atoms with Gasteiger partial charge in [-0.2, -0.15) is 4.98 Å². The van der Waals surface area contributed by atoms with Crippen molar-refractivity contribution < 1.29 is 9.13 Å². The number of hydrogen-bond acceptors (Lipinski definition) is 5. The van der Waals surface area contributed by atoms with Gasteiger partial charge in [0.25, 0.3) is 0 Å². The van der Waals surface area contributed by atoms with Crippen LogP contribution in [-0.4, -0.2) is 9.97 Å². The molecule has 0 unspecified atom stereocenters. The van der Waals surface area contributed by atoms with Gasteiger partial charge in [-0.15, -0.1) is 0 Å². The molecular weight excluding hydrogens is 378 g/mol. The zero-order valence-corrected chi connectivity index (χ0v) is 15.5. The molecule has 0 saturated heterocycles. The van der Waals surface area contributed by atoms with E-state index in [9.17, 15) is 4.39 Å². The van der Waals surface area contributed by atoms with Crippen LogP contribution >= 0.6 is 23.2 Å². The second kappa shape index (κ2) is 7.35. The number of aromatic nitrogens is 2. The fraction of sp³-hybridized carbons (Fsp3) is 0.111. The van der Waals surface area contributed by atoms with Crippen molar-refractivity contribution in [1.29, 1.82) is 0 Å². The lowest BCUT2D eigenvalue weighted by Crippen LogP contribution is -2.03. The van der Waals surface area contributed by atoms with Crippen LogP contribution in [0.25, 0.3) is 0 Å². The van der Waals surface area contributed by atoms with Crippen molar-refractivity contribution in [1.82, 2.24) is 9.97 Å². The van der Waals surface area contributed by atoms with E-state index in [1.165, 1.54) is 24.5 Å². The van der Waals surface area contributed by atoms with Gasteiger partial charge in [0.1, 0.15) is 23.6 Å². The zero-order valence-electron chi connectivity index (χ0n) is 14.0. The average molecular weight is 393 g/mol. The highest BCUT2D eigenvalue weighted by Gasteiger charge is 2.13. The predicted octanol–water partition coefficient (Wildman–Crippen LogP) is 5.66. The van der Waals surface area contributed by atoms with Gasteiger partial charge in [0.2, 0.25) is 5.88 Å². The van der Waals surface area contributed by atoms with Gasteiger partial charge in [0, 0.05) is 10.7 Å². The molecule has 0 spiro atoms. The van der Waals surface area contributed by atoms with Gasteiger partial charge in [-0.1, -0.05) is 23.2 Å². The van der Waals surface area contributed by atoms with Crippen LogP contribution in [0.4, 0.5) is 21.6 Å². The van der Waals surface area contributed by atoms with Gasteiger partial charge in [-0.3, -0.25) is 0 Å². The molecule has 0 aliphatic heterocycles. The summed E-state index contributed by atoms with van der Waals surface area (Å²) < 4.78 is 19.1. The summed E-state index contributed by atoms with van der Waals surface area (Å²) in [7, 11) is 0. The molecule has 0 atom stereocenters. The van der Waals surface area contributed by atoms with Gasteiger partial charge >= 0.3 is 0 Å². The first-order valence-electron chi connectivity index (χ1n) is 7.62. The summed E-state index contributed by atoms with van der Waals surface area (Å²) in [5.41, 5.74) is 8.61.